The van der Waals surface area contributed by atoms with Crippen molar-refractivity contribution in [3.63, 3.8) is 0 Å². The highest BCUT2D eigenvalue weighted by Crippen LogP contribution is 2.41. The van der Waals surface area contributed by atoms with Crippen LogP contribution in [0.5, 0.6) is 0 Å². The summed E-state index contributed by atoms with van der Waals surface area (Å²) in [7, 11) is 0. The summed E-state index contributed by atoms with van der Waals surface area (Å²) in [5.41, 5.74) is 3.54. The van der Waals surface area contributed by atoms with E-state index in [0.717, 1.165) is 17.8 Å². The van der Waals surface area contributed by atoms with Crippen LogP contribution in [0.3, 0.4) is 0 Å². The quantitative estimate of drug-likeness (QED) is 0.580. The Labute approximate surface area is 108 Å². The van der Waals surface area contributed by atoms with Gasteiger partial charge in [-0.3, -0.25) is 11.3 Å². The maximum Gasteiger partial charge on any atom is 0.0241 e. The predicted octanol–water partition coefficient (Wildman–Crippen LogP) is 3.72. The van der Waals surface area contributed by atoms with Gasteiger partial charge in [0.2, 0.25) is 0 Å². The zero-order valence-electron chi connectivity index (χ0n) is 12.4. The standard InChI is InChI=1S/C15H32N2/c1-11(2)10-14(17-16)12-6-8-13(9-7-12)15(3,4)5/h11-14,17H,6-10,16H2,1-5H3. The minimum Gasteiger partial charge on any atom is -0.271 e. The maximum atomic E-state index is 5.72. The molecule has 0 aromatic carbocycles. The zero-order valence-corrected chi connectivity index (χ0v) is 12.4. The highest BCUT2D eigenvalue weighted by atomic mass is 15.2. The Bertz CT molecular complexity index is 209. The van der Waals surface area contributed by atoms with E-state index in [-0.39, 0.29) is 0 Å². The van der Waals surface area contributed by atoms with Crippen molar-refractivity contribution >= 4 is 0 Å². The highest BCUT2D eigenvalue weighted by Gasteiger charge is 2.32. The third kappa shape index (κ3) is 4.59. The van der Waals surface area contributed by atoms with Crippen LogP contribution in [-0.4, -0.2) is 6.04 Å². The largest absolute Gasteiger partial charge is 0.271 e. The van der Waals surface area contributed by atoms with Crippen LogP contribution in [0, 0.1) is 23.2 Å². The predicted molar refractivity (Wildman–Crippen MR) is 75.5 cm³/mol. The first kappa shape index (κ1) is 15.0. The van der Waals surface area contributed by atoms with Gasteiger partial charge in [-0.15, -0.1) is 0 Å². The topological polar surface area (TPSA) is 38.0 Å². The van der Waals surface area contributed by atoms with Crippen LogP contribution in [0.15, 0.2) is 0 Å². The van der Waals surface area contributed by atoms with Crippen molar-refractivity contribution in [3.05, 3.63) is 0 Å². The monoisotopic (exact) mass is 240 g/mol. The summed E-state index contributed by atoms with van der Waals surface area (Å²) in [5.74, 6) is 8.15. The molecule has 1 rings (SSSR count). The van der Waals surface area contributed by atoms with Crippen molar-refractivity contribution in [2.24, 2.45) is 29.0 Å². The Hall–Kier alpha value is -0.0800. The molecule has 0 amide bonds. The number of nitrogens with one attached hydrogen (secondary N) is 1. The second-order valence-electron chi connectivity index (χ2n) is 7.38. The van der Waals surface area contributed by atoms with Crippen molar-refractivity contribution in [1.29, 1.82) is 0 Å². The lowest BCUT2D eigenvalue weighted by Crippen LogP contribution is -2.43. The molecule has 0 aliphatic heterocycles. The zero-order chi connectivity index (χ0) is 13.1. The van der Waals surface area contributed by atoms with E-state index in [4.69, 9.17) is 5.84 Å². The minimum absolute atomic E-state index is 0.481. The van der Waals surface area contributed by atoms with Gasteiger partial charge in [0.1, 0.15) is 0 Å². The van der Waals surface area contributed by atoms with E-state index in [1.165, 1.54) is 32.1 Å². The van der Waals surface area contributed by atoms with Crippen LogP contribution in [0.2, 0.25) is 0 Å². The maximum absolute atomic E-state index is 5.72. The van der Waals surface area contributed by atoms with Crippen molar-refractivity contribution in [2.75, 3.05) is 0 Å². The van der Waals surface area contributed by atoms with Gasteiger partial charge in [0.05, 0.1) is 0 Å². The molecule has 17 heavy (non-hydrogen) atoms. The molecule has 2 heteroatoms. The summed E-state index contributed by atoms with van der Waals surface area (Å²) in [4.78, 5) is 0. The van der Waals surface area contributed by atoms with Crippen LogP contribution in [0.1, 0.15) is 66.7 Å². The smallest absolute Gasteiger partial charge is 0.0241 e. The number of hydrazine groups is 1. The van der Waals surface area contributed by atoms with E-state index >= 15 is 0 Å². The summed E-state index contributed by atoms with van der Waals surface area (Å²) in [6, 6.07) is 0.524. The van der Waals surface area contributed by atoms with Crippen molar-refractivity contribution in [1.82, 2.24) is 5.43 Å². The Balaban J connectivity index is 2.44. The van der Waals surface area contributed by atoms with E-state index in [9.17, 15) is 0 Å². The summed E-state index contributed by atoms with van der Waals surface area (Å²) in [5, 5.41) is 0. The first-order chi connectivity index (χ1) is 7.84. The molecule has 0 saturated heterocycles. The van der Waals surface area contributed by atoms with Gasteiger partial charge in [0, 0.05) is 6.04 Å². The fraction of sp³-hybridized carbons (Fsp3) is 1.00. The van der Waals surface area contributed by atoms with Crippen LogP contribution in [0.4, 0.5) is 0 Å². The molecule has 1 atom stereocenters. The van der Waals surface area contributed by atoms with Gasteiger partial charge < -0.3 is 0 Å². The van der Waals surface area contributed by atoms with Crippen LogP contribution >= 0.6 is 0 Å². The van der Waals surface area contributed by atoms with Crippen molar-refractivity contribution in [2.45, 2.75) is 72.8 Å². The fourth-order valence-electron chi connectivity index (χ4n) is 3.29. The van der Waals surface area contributed by atoms with Gasteiger partial charge in [0.15, 0.2) is 0 Å². The van der Waals surface area contributed by atoms with Crippen LogP contribution < -0.4 is 11.3 Å². The number of nitrogens with two attached hydrogens (primary N) is 1. The first-order valence-corrected chi connectivity index (χ1v) is 7.30. The van der Waals surface area contributed by atoms with E-state index in [1.54, 1.807) is 0 Å². The van der Waals surface area contributed by atoms with Crippen molar-refractivity contribution in [3.8, 4) is 0 Å². The Morgan fingerprint density at radius 2 is 1.65 bits per heavy atom. The van der Waals surface area contributed by atoms with Gasteiger partial charge >= 0.3 is 0 Å². The molecule has 0 aromatic heterocycles. The summed E-state index contributed by atoms with van der Waals surface area (Å²) < 4.78 is 0. The van der Waals surface area contributed by atoms with E-state index < -0.39 is 0 Å². The molecule has 1 aliphatic carbocycles. The highest BCUT2D eigenvalue weighted by molar-refractivity contribution is 4.85. The third-order valence-electron chi connectivity index (χ3n) is 4.51. The van der Waals surface area contributed by atoms with Gasteiger partial charge in [-0.1, -0.05) is 34.6 Å². The average Bonchev–Trinajstić information content (AvgIpc) is 2.24. The lowest BCUT2D eigenvalue weighted by Gasteiger charge is -2.39. The molecule has 0 spiro atoms. The molecular formula is C15H32N2. The van der Waals surface area contributed by atoms with E-state index in [2.05, 4.69) is 40.0 Å². The summed E-state index contributed by atoms with van der Waals surface area (Å²) in [6.07, 6.45) is 6.67. The molecule has 1 saturated carbocycles. The third-order valence-corrected chi connectivity index (χ3v) is 4.51. The SMILES string of the molecule is CC(C)CC(NN)C1CCC(C(C)(C)C)CC1. The molecule has 1 unspecified atom stereocenters. The average molecular weight is 240 g/mol. The molecule has 2 nitrogen and oxygen atoms in total. The first-order valence-electron chi connectivity index (χ1n) is 7.30. The van der Waals surface area contributed by atoms with Crippen molar-refractivity contribution < 1.29 is 0 Å². The molecule has 1 fully saturated rings. The van der Waals surface area contributed by atoms with E-state index in [0.29, 0.717) is 11.5 Å². The minimum atomic E-state index is 0.481. The van der Waals surface area contributed by atoms with Gasteiger partial charge in [-0.05, 0) is 55.3 Å². The molecule has 0 aromatic rings. The Morgan fingerprint density at radius 1 is 1.12 bits per heavy atom. The lowest BCUT2D eigenvalue weighted by molar-refractivity contribution is 0.127. The Morgan fingerprint density at radius 3 is 2.00 bits per heavy atom. The molecule has 1 aliphatic rings. The number of hydrogen-bond donors (Lipinski definition) is 2. The fourth-order valence-corrected chi connectivity index (χ4v) is 3.29. The van der Waals surface area contributed by atoms with Gasteiger partial charge in [-0.25, -0.2) is 0 Å². The molecule has 3 N–H and O–H groups in total. The summed E-state index contributed by atoms with van der Waals surface area (Å²) >= 11 is 0. The second-order valence-corrected chi connectivity index (χ2v) is 7.38. The lowest BCUT2D eigenvalue weighted by atomic mass is 9.68. The molecule has 0 radical (unpaired) electrons. The number of hydrogen-bond acceptors (Lipinski definition) is 2. The normalized spacial score (nSPS) is 28.4. The molecular weight excluding hydrogens is 208 g/mol. The van der Waals surface area contributed by atoms with Gasteiger partial charge in [-0.2, -0.15) is 0 Å². The molecule has 0 bridgehead atoms. The molecule has 0 heterocycles. The molecule has 102 valence electrons. The van der Waals surface area contributed by atoms with Gasteiger partial charge in [0.25, 0.3) is 0 Å². The summed E-state index contributed by atoms with van der Waals surface area (Å²) in [6.45, 7) is 11.7. The Kier molecular flexibility index (Phi) is 5.46. The second kappa shape index (κ2) is 6.19. The number of rotatable bonds is 4. The van der Waals surface area contributed by atoms with Crippen LogP contribution in [0.25, 0.3) is 0 Å². The van der Waals surface area contributed by atoms with Crippen LogP contribution in [-0.2, 0) is 0 Å². The van der Waals surface area contributed by atoms with E-state index in [1.807, 2.05) is 0 Å².